The Balaban J connectivity index is 1.94. The highest BCUT2D eigenvalue weighted by molar-refractivity contribution is 5.92. The Morgan fingerprint density at radius 1 is 1.43 bits per heavy atom. The number of aryl methyl sites for hydroxylation is 1. The van der Waals surface area contributed by atoms with Crippen molar-refractivity contribution in [3.8, 4) is 0 Å². The summed E-state index contributed by atoms with van der Waals surface area (Å²) in [5, 5.41) is 0. The van der Waals surface area contributed by atoms with E-state index in [-0.39, 0.29) is 5.91 Å². The standard InChI is InChI=1S/C16H27N3O2/c1-4-12-5-7-13(8-6-12)19(3)10-14-9-11(2)15(21-14)16(20)18-17/h9,12-13H,4-8,10,17H2,1-3H3,(H,18,20). The monoisotopic (exact) mass is 293 g/mol. The van der Waals surface area contributed by atoms with Gasteiger partial charge in [-0.2, -0.15) is 0 Å². The number of nitrogens with one attached hydrogen (secondary N) is 1. The van der Waals surface area contributed by atoms with Crippen molar-refractivity contribution in [2.24, 2.45) is 11.8 Å². The molecule has 1 aliphatic carbocycles. The van der Waals surface area contributed by atoms with Gasteiger partial charge in [-0.1, -0.05) is 13.3 Å². The molecule has 1 aromatic heterocycles. The van der Waals surface area contributed by atoms with Crippen molar-refractivity contribution in [1.82, 2.24) is 10.3 Å². The van der Waals surface area contributed by atoms with Gasteiger partial charge in [-0.3, -0.25) is 15.1 Å². The fourth-order valence-electron chi connectivity index (χ4n) is 3.29. The molecule has 1 saturated carbocycles. The van der Waals surface area contributed by atoms with E-state index in [9.17, 15) is 4.79 Å². The number of furan rings is 1. The molecule has 0 aliphatic heterocycles. The second-order valence-electron chi connectivity index (χ2n) is 6.20. The summed E-state index contributed by atoms with van der Waals surface area (Å²) >= 11 is 0. The van der Waals surface area contributed by atoms with Gasteiger partial charge < -0.3 is 4.42 Å². The molecule has 118 valence electrons. The number of carbonyl (C=O) groups is 1. The Morgan fingerprint density at radius 3 is 2.67 bits per heavy atom. The van der Waals surface area contributed by atoms with E-state index in [4.69, 9.17) is 10.3 Å². The van der Waals surface area contributed by atoms with Gasteiger partial charge >= 0.3 is 5.91 Å². The highest BCUT2D eigenvalue weighted by atomic mass is 16.4. The maximum Gasteiger partial charge on any atom is 0.301 e. The predicted molar refractivity (Wildman–Crippen MR) is 82.6 cm³/mol. The number of nitrogens with two attached hydrogens (primary N) is 1. The van der Waals surface area contributed by atoms with Gasteiger partial charge in [0.05, 0.1) is 6.54 Å². The number of amides is 1. The summed E-state index contributed by atoms with van der Waals surface area (Å²) in [6.07, 6.45) is 6.45. The molecule has 1 fully saturated rings. The molecule has 0 spiro atoms. The van der Waals surface area contributed by atoms with Crippen molar-refractivity contribution in [3.05, 3.63) is 23.2 Å². The van der Waals surface area contributed by atoms with Gasteiger partial charge in [0.1, 0.15) is 5.76 Å². The first kappa shape index (κ1) is 16.0. The predicted octanol–water partition coefficient (Wildman–Crippen LogP) is 2.59. The summed E-state index contributed by atoms with van der Waals surface area (Å²) in [5.74, 6) is 6.83. The second kappa shape index (κ2) is 7.09. The van der Waals surface area contributed by atoms with Crippen LogP contribution in [0.2, 0.25) is 0 Å². The van der Waals surface area contributed by atoms with E-state index >= 15 is 0 Å². The molecule has 0 atom stereocenters. The summed E-state index contributed by atoms with van der Waals surface area (Å²) in [5.41, 5.74) is 2.95. The van der Waals surface area contributed by atoms with E-state index in [1.807, 2.05) is 13.0 Å². The van der Waals surface area contributed by atoms with Gasteiger partial charge in [0.25, 0.3) is 0 Å². The molecule has 1 aliphatic rings. The van der Waals surface area contributed by atoms with Crippen LogP contribution in [0.5, 0.6) is 0 Å². The van der Waals surface area contributed by atoms with E-state index in [0.29, 0.717) is 11.8 Å². The zero-order valence-electron chi connectivity index (χ0n) is 13.3. The second-order valence-corrected chi connectivity index (χ2v) is 6.20. The van der Waals surface area contributed by atoms with Crippen molar-refractivity contribution in [2.45, 2.75) is 58.5 Å². The third-order valence-electron chi connectivity index (χ3n) is 4.73. The van der Waals surface area contributed by atoms with Crippen LogP contribution in [0.15, 0.2) is 10.5 Å². The first-order valence-corrected chi connectivity index (χ1v) is 7.85. The van der Waals surface area contributed by atoms with Crippen molar-refractivity contribution >= 4 is 5.91 Å². The Morgan fingerprint density at radius 2 is 2.10 bits per heavy atom. The lowest BCUT2D eigenvalue weighted by atomic mass is 9.84. The third-order valence-corrected chi connectivity index (χ3v) is 4.73. The zero-order chi connectivity index (χ0) is 15.4. The average molecular weight is 293 g/mol. The molecule has 1 amide bonds. The first-order valence-electron chi connectivity index (χ1n) is 7.85. The molecule has 0 aromatic carbocycles. The van der Waals surface area contributed by atoms with Gasteiger partial charge in [-0.15, -0.1) is 0 Å². The quantitative estimate of drug-likeness (QED) is 0.497. The van der Waals surface area contributed by atoms with Crippen molar-refractivity contribution in [2.75, 3.05) is 7.05 Å². The van der Waals surface area contributed by atoms with Gasteiger partial charge in [-0.25, -0.2) is 5.84 Å². The SMILES string of the molecule is CCC1CCC(N(C)Cc2cc(C)c(C(=O)NN)o2)CC1. The van der Waals surface area contributed by atoms with Crippen LogP contribution in [0, 0.1) is 12.8 Å². The van der Waals surface area contributed by atoms with Gasteiger partial charge in [0, 0.05) is 11.6 Å². The summed E-state index contributed by atoms with van der Waals surface area (Å²) < 4.78 is 5.64. The van der Waals surface area contributed by atoms with Crippen LogP contribution in [-0.2, 0) is 6.54 Å². The highest BCUT2D eigenvalue weighted by Gasteiger charge is 2.24. The van der Waals surface area contributed by atoms with Crippen molar-refractivity contribution in [3.63, 3.8) is 0 Å². The number of carbonyl (C=O) groups excluding carboxylic acids is 1. The van der Waals surface area contributed by atoms with E-state index < -0.39 is 0 Å². The lowest BCUT2D eigenvalue weighted by molar-refractivity contribution is 0.0918. The summed E-state index contributed by atoms with van der Waals surface area (Å²) in [6.45, 7) is 4.88. The van der Waals surface area contributed by atoms with E-state index in [2.05, 4.69) is 24.3 Å². The lowest BCUT2D eigenvalue weighted by Gasteiger charge is -2.34. The summed E-state index contributed by atoms with van der Waals surface area (Å²) in [6, 6.07) is 2.55. The number of hydrogen-bond acceptors (Lipinski definition) is 4. The van der Waals surface area contributed by atoms with Crippen LogP contribution < -0.4 is 11.3 Å². The van der Waals surface area contributed by atoms with Crippen molar-refractivity contribution in [1.29, 1.82) is 0 Å². The molecule has 2 rings (SSSR count). The molecule has 21 heavy (non-hydrogen) atoms. The number of nitrogen functional groups attached to an aromatic ring is 1. The van der Waals surface area contributed by atoms with Gasteiger partial charge in [0.2, 0.25) is 0 Å². The molecule has 5 heteroatoms. The topological polar surface area (TPSA) is 71.5 Å². The first-order chi connectivity index (χ1) is 10.0. The lowest BCUT2D eigenvalue weighted by Crippen LogP contribution is -2.34. The van der Waals surface area contributed by atoms with Crippen LogP contribution >= 0.6 is 0 Å². The van der Waals surface area contributed by atoms with Crippen LogP contribution in [0.3, 0.4) is 0 Å². The number of rotatable bonds is 5. The molecule has 0 unspecified atom stereocenters. The molecule has 0 bridgehead atoms. The Labute approximate surface area is 126 Å². The zero-order valence-corrected chi connectivity index (χ0v) is 13.3. The average Bonchev–Trinajstić information content (AvgIpc) is 2.87. The smallest absolute Gasteiger partial charge is 0.301 e. The van der Waals surface area contributed by atoms with Crippen molar-refractivity contribution < 1.29 is 9.21 Å². The molecule has 1 heterocycles. The molecule has 3 N–H and O–H groups in total. The molecule has 1 aromatic rings. The molecule has 5 nitrogen and oxygen atoms in total. The maximum absolute atomic E-state index is 11.6. The molecular weight excluding hydrogens is 266 g/mol. The van der Waals surface area contributed by atoms with E-state index in [1.54, 1.807) is 0 Å². The minimum atomic E-state index is -0.371. The normalized spacial score (nSPS) is 22.5. The third kappa shape index (κ3) is 3.86. The fraction of sp³-hybridized carbons (Fsp3) is 0.688. The number of hydrazine groups is 1. The number of nitrogens with zero attached hydrogens (tertiary/aromatic N) is 1. The highest BCUT2D eigenvalue weighted by Crippen LogP contribution is 2.29. The van der Waals surface area contributed by atoms with E-state index in [1.165, 1.54) is 32.1 Å². The molecule has 0 radical (unpaired) electrons. The Kier molecular flexibility index (Phi) is 5.42. The Hall–Kier alpha value is -1.33. The van der Waals surface area contributed by atoms with Gasteiger partial charge in [0.15, 0.2) is 5.76 Å². The largest absolute Gasteiger partial charge is 0.454 e. The van der Waals surface area contributed by atoms with Crippen LogP contribution in [0.25, 0.3) is 0 Å². The van der Waals surface area contributed by atoms with Crippen LogP contribution in [0.1, 0.15) is 60.9 Å². The fourth-order valence-corrected chi connectivity index (χ4v) is 3.29. The summed E-state index contributed by atoms with van der Waals surface area (Å²) in [7, 11) is 2.14. The van der Waals surface area contributed by atoms with Crippen LogP contribution in [0.4, 0.5) is 0 Å². The minimum absolute atomic E-state index is 0.315. The maximum atomic E-state index is 11.6. The van der Waals surface area contributed by atoms with Gasteiger partial charge in [-0.05, 0) is 51.6 Å². The molecular formula is C16H27N3O2. The Bertz CT molecular complexity index is 476. The number of hydrogen-bond donors (Lipinski definition) is 2. The summed E-state index contributed by atoms with van der Waals surface area (Å²) in [4.78, 5) is 13.9. The van der Waals surface area contributed by atoms with Crippen LogP contribution in [-0.4, -0.2) is 23.9 Å². The molecule has 0 saturated heterocycles. The van der Waals surface area contributed by atoms with E-state index in [0.717, 1.165) is 23.8 Å². The minimum Gasteiger partial charge on any atom is -0.454 e.